The van der Waals surface area contributed by atoms with E-state index in [-0.39, 0.29) is 0 Å². The molecule has 2 rings (SSSR count). The molecule has 0 radical (unpaired) electrons. The van der Waals surface area contributed by atoms with E-state index in [1.165, 1.54) is 58.2 Å². The zero-order valence-electron chi connectivity index (χ0n) is 12.6. The van der Waals surface area contributed by atoms with E-state index in [0.717, 1.165) is 23.9 Å². The van der Waals surface area contributed by atoms with Gasteiger partial charge in [0, 0.05) is 25.2 Å². The summed E-state index contributed by atoms with van der Waals surface area (Å²) in [6.45, 7) is 11.0. The van der Waals surface area contributed by atoms with Crippen LogP contribution in [0.2, 0.25) is 0 Å². The highest BCUT2D eigenvalue weighted by Gasteiger charge is 2.26. The molecule has 0 bridgehead atoms. The summed E-state index contributed by atoms with van der Waals surface area (Å²) in [4.78, 5) is 2.78. The van der Waals surface area contributed by atoms with Gasteiger partial charge < -0.3 is 5.32 Å². The van der Waals surface area contributed by atoms with Gasteiger partial charge in [-0.05, 0) is 51.0 Å². The van der Waals surface area contributed by atoms with Crippen LogP contribution in [0.5, 0.6) is 0 Å². The largest absolute Gasteiger partial charge is 0.313 e. The Morgan fingerprint density at radius 2 is 1.89 bits per heavy atom. The first-order chi connectivity index (χ1) is 8.65. The minimum atomic E-state index is 0.719. The molecule has 0 aromatic heterocycles. The Morgan fingerprint density at radius 1 is 1.17 bits per heavy atom. The van der Waals surface area contributed by atoms with Crippen molar-refractivity contribution in [3.63, 3.8) is 0 Å². The summed E-state index contributed by atoms with van der Waals surface area (Å²) >= 11 is 0. The molecule has 0 aromatic rings. The fraction of sp³-hybridized carbons (Fsp3) is 1.00. The van der Waals surface area contributed by atoms with Gasteiger partial charge in [-0.2, -0.15) is 0 Å². The summed E-state index contributed by atoms with van der Waals surface area (Å²) in [5, 5.41) is 3.76. The van der Waals surface area contributed by atoms with Crippen LogP contribution in [0.25, 0.3) is 0 Å². The van der Waals surface area contributed by atoms with Crippen LogP contribution in [-0.2, 0) is 0 Å². The molecule has 18 heavy (non-hydrogen) atoms. The molecule has 2 unspecified atom stereocenters. The van der Waals surface area contributed by atoms with E-state index in [1.807, 2.05) is 0 Å². The first-order valence-electron chi connectivity index (χ1n) is 8.12. The summed E-state index contributed by atoms with van der Waals surface area (Å²) in [5.41, 5.74) is 0. The van der Waals surface area contributed by atoms with E-state index in [2.05, 4.69) is 31.0 Å². The number of hydrogen-bond acceptors (Lipinski definition) is 2. The lowest BCUT2D eigenvalue weighted by molar-refractivity contribution is 0.169. The SMILES string of the molecule is CC(C)CC1CN(CC2CCCC2)C(C)CCN1. The van der Waals surface area contributed by atoms with Crippen LogP contribution in [0.15, 0.2) is 0 Å². The maximum absolute atomic E-state index is 3.76. The Kier molecular flexibility index (Phi) is 5.50. The van der Waals surface area contributed by atoms with Gasteiger partial charge in [-0.3, -0.25) is 4.90 Å². The third kappa shape index (κ3) is 4.24. The minimum Gasteiger partial charge on any atom is -0.313 e. The Hall–Kier alpha value is -0.0800. The fourth-order valence-corrected chi connectivity index (χ4v) is 3.71. The number of hydrogen-bond donors (Lipinski definition) is 1. The van der Waals surface area contributed by atoms with Crippen LogP contribution in [-0.4, -0.2) is 36.6 Å². The molecule has 2 heteroatoms. The van der Waals surface area contributed by atoms with Crippen LogP contribution < -0.4 is 5.32 Å². The molecule has 0 spiro atoms. The summed E-state index contributed by atoms with van der Waals surface area (Å²) < 4.78 is 0. The van der Waals surface area contributed by atoms with Crippen molar-refractivity contribution in [3.8, 4) is 0 Å². The van der Waals surface area contributed by atoms with Gasteiger partial charge in [0.1, 0.15) is 0 Å². The average molecular weight is 252 g/mol. The van der Waals surface area contributed by atoms with Crippen molar-refractivity contribution >= 4 is 0 Å². The van der Waals surface area contributed by atoms with Crippen LogP contribution in [0, 0.1) is 11.8 Å². The molecule has 1 aliphatic carbocycles. The predicted octanol–water partition coefficient (Wildman–Crippen LogP) is 3.28. The molecule has 2 nitrogen and oxygen atoms in total. The predicted molar refractivity (Wildman–Crippen MR) is 78.9 cm³/mol. The molecule has 2 atom stereocenters. The average Bonchev–Trinajstić information content (AvgIpc) is 2.73. The van der Waals surface area contributed by atoms with E-state index >= 15 is 0 Å². The van der Waals surface area contributed by atoms with Crippen molar-refractivity contribution in [3.05, 3.63) is 0 Å². The summed E-state index contributed by atoms with van der Waals surface area (Å²) in [6, 6.07) is 1.49. The Bertz CT molecular complexity index is 233. The Balaban J connectivity index is 1.87. The summed E-state index contributed by atoms with van der Waals surface area (Å²) in [7, 11) is 0. The third-order valence-electron chi connectivity index (χ3n) is 4.80. The number of nitrogens with zero attached hydrogens (tertiary/aromatic N) is 1. The van der Waals surface area contributed by atoms with Gasteiger partial charge in [0.15, 0.2) is 0 Å². The number of rotatable bonds is 4. The fourth-order valence-electron chi connectivity index (χ4n) is 3.71. The van der Waals surface area contributed by atoms with E-state index in [4.69, 9.17) is 0 Å². The smallest absolute Gasteiger partial charge is 0.0197 e. The second-order valence-electron chi connectivity index (χ2n) is 7.02. The van der Waals surface area contributed by atoms with E-state index < -0.39 is 0 Å². The molecular formula is C16H32N2. The molecule has 2 fully saturated rings. The third-order valence-corrected chi connectivity index (χ3v) is 4.80. The lowest BCUT2D eigenvalue weighted by Gasteiger charge is -2.31. The standard InChI is InChI=1S/C16H32N2/c1-13(2)10-16-12-18(14(3)8-9-17-16)11-15-6-4-5-7-15/h13-17H,4-12H2,1-3H3. The zero-order valence-corrected chi connectivity index (χ0v) is 12.6. The van der Waals surface area contributed by atoms with Crippen molar-refractivity contribution < 1.29 is 0 Å². The molecule has 1 saturated carbocycles. The first-order valence-corrected chi connectivity index (χ1v) is 8.12. The number of nitrogens with one attached hydrogen (secondary N) is 1. The summed E-state index contributed by atoms with van der Waals surface area (Å²) in [6.07, 6.45) is 8.55. The zero-order chi connectivity index (χ0) is 13.0. The monoisotopic (exact) mass is 252 g/mol. The molecule has 1 heterocycles. The van der Waals surface area contributed by atoms with Gasteiger partial charge in [-0.25, -0.2) is 0 Å². The highest BCUT2D eigenvalue weighted by molar-refractivity contribution is 4.83. The molecular weight excluding hydrogens is 220 g/mol. The molecule has 1 saturated heterocycles. The topological polar surface area (TPSA) is 15.3 Å². The quantitative estimate of drug-likeness (QED) is 0.826. The van der Waals surface area contributed by atoms with E-state index in [9.17, 15) is 0 Å². The lowest BCUT2D eigenvalue weighted by atomic mass is 10.0. The second-order valence-corrected chi connectivity index (χ2v) is 7.02. The van der Waals surface area contributed by atoms with Crippen LogP contribution in [0.1, 0.15) is 59.3 Å². The van der Waals surface area contributed by atoms with Crippen molar-refractivity contribution in [1.82, 2.24) is 10.2 Å². The first kappa shape index (κ1) is 14.3. The minimum absolute atomic E-state index is 0.719. The normalized spacial score (nSPS) is 32.0. The lowest BCUT2D eigenvalue weighted by Crippen LogP contribution is -2.42. The molecule has 0 aromatic carbocycles. The van der Waals surface area contributed by atoms with Gasteiger partial charge in [0.2, 0.25) is 0 Å². The van der Waals surface area contributed by atoms with Gasteiger partial charge in [0.05, 0.1) is 0 Å². The van der Waals surface area contributed by atoms with Gasteiger partial charge >= 0.3 is 0 Å². The highest BCUT2D eigenvalue weighted by Crippen LogP contribution is 2.27. The van der Waals surface area contributed by atoms with Crippen molar-refractivity contribution in [1.29, 1.82) is 0 Å². The molecule has 0 amide bonds. The van der Waals surface area contributed by atoms with Gasteiger partial charge in [-0.15, -0.1) is 0 Å². The molecule has 1 aliphatic heterocycles. The Morgan fingerprint density at radius 3 is 2.56 bits per heavy atom. The van der Waals surface area contributed by atoms with Crippen molar-refractivity contribution in [2.75, 3.05) is 19.6 Å². The Labute approximate surface area is 114 Å². The summed E-state index contributed by atoms with van der Waals surface area (Å²) in [5.74, 6) is 1.80. The molecule has 106 valence electrons. The van der Waals surface area contributed by atoms with E-state index in [1.54, 1.807) is 0 Å². The second kappa shape index (κ2) is 6.91. The highest BCUT2D eigenvalue weighted by atomic mass is 15.2. The van der Waals surface area contributed by atoms with Crippen LogP contribution in [0.4, 0.5) is 0 Å². The van der Waals surface area contributed by atoms with E-state index in [0.29, 0.717) is 0 Å². The maximum atomic E-state index is 3.76. The van der Waals surface area contributed by atoms with Gasteiger partial charge in [0.25, 0.3) is 0 Å². The van der Waals surface area contributed by atoms with Crippen LogP contribution in [0.3, 0.4) is 0 Å². The molecule has 2 aliphatic rings. The maximum Gasteiger partial charge on any atom is 0.0197 e. The van der Waals surface area contributed by atoms with Crippen LogP contribution >= 0.6 is 0 Å². The van der Waals surface area contributed by atoms with Crippen molar-refractivity contribution in [2.24, 2.45) is 11.8 Å². The van der Waals surface area contributed by atoms with Gasteiger partial charge in [-0.1, -0.05) is 26.7 Å². The molecule has 1 N–H and O–H groups in total. The van der Waals surface area contributed by atoms with Crippen molar-refractivity contribution in [2.45, 2.75) is 71.4 Å².